The summed E-state index contributed by atoms with van der Waals surface area (Å²) in [6.45, 7) is 9.18. The molecular weight excluding hydrogens is 485 g/mol. The molecule has 10 heteroatoms. The van der Waals surface area contributed by atoms with Crippen molar-refractivity contribution in [3.8, 4) is 0 Å². The number of fused-ring (bicyclic) bond motifs is 2. The van der Waals surface area contributed by atoms with Gasteiger partial charge >= 0.3 is 5.92 Å². The first-order valence-electron chi connectivity index (χ1n) is 12.0. The van der Waals surface area contributed by atoms with Crippen molar-refractivity contribution in [1.82, 2.24) is 10.2 Å². The average molecular weight is 517 g/mol. The van der Waals surface area contributed by atoms with Crippen molar-refractivity contribution >= 4 is 28.2 Å². The van der Waals surface area contributed by atoms with E-state index >= 15 is 4.39 Å². The van der Waals surface area contributed by atoms with E-state index in [4.69, 9.17) is 4.74 Å². The number of rotatable bonds is 7. The molecule has 2 heterocycles. The number of aromatic nitrogens is 2. The maximum absolute atomic E-state index is 15.3. The first kappa shape index (κ1) is 26.8. The first-order valence-corrected chi connectivity index (χ1v) is 12.0. The number of carbonyl (C=O) groups is 1. The van der Waals surface area contributed by atoms with Crippen LogP contribution in [-0.2, 0) is 21.1 Å². The molecule has 2 atom stereocenters. The van der Waals surface area contributed by atoms with Crippen LogP contribution in [0.4, 0.5) is 24.7 Å². The highest BCUT2D eigenvalue weighted by molar-refractivity contribution is 6.10. The van der Waals surface area contributed by atoms with E-state index in [0.717, 1.165) is 25.3 Å². The molecule has 0 radical (unpaired) electrons. The number of carbonyl (C=O) groups excluding carboxylic acids is 1. The minimum absolute atomic E-state index is 0.0191. The van der Waals surface area contributed by atoms with Crippen molar-refractivity contribution in [2.75, 3.05) is 23.9 Å². The van der Waals surface area contributed by atoms with Gasteiger partial charge in [0.15, 0.2) is 11.4 Å². The monoisotopic (exact) mass is 516 g/mol. The van der Waals surface area contributed by atoms with E-state index in [2.05, 4.69) is 15.5 Å². The van der Waals surface area contributed by atoms with E-state index < -0.39 is 34.5 Å². The van der Waals surface area contributed by atoms with Crippen LogP contribution in [0.3, 0.4) is 0 Å². The van der Waals surface area contributed by atoms with Gasteiger partial charge in [-0.2, -0.15) is 13.9 Å². The number of ether oxygens (including phenoxy) is 1. The molecular formula is C27H31F3N4O3. The number of nitrogens with one attached hydrogen (secondary N) is 1. The second kappa shape index (κ2) is 8.95. The summed E-state index contributed by atoms with van der Waals surface area (Å²) in [7, 11) is 1.66. The fourth-order valence-electron chi connectivity index (χ4n) is 4.79. The molecule has 0 saturated carbocycles. The molecule has 2 N–H and O–H groups in total. The van der Waals surface area contributed by atoms with Crippen LogP contribution in [0.15, 0.2) is 30.3 Å². The van der Waals surface area contributed by atoms with E-state index in [-0.39, 0.29) is 11.5 Å². The van der Waals surface area contributed by atoms with Gasteiger partial charge in [0.05, 0.1) is 23.0 Å². The second-order valence-electron chi connectivity index (χ2n) is 10.1. The van der Waals surface area contributed by atoms with Crippen LogP contribution in [0.1, 0.15) is 63.0 Å². The number of alkyl halides is 2. The van der Waals surface area contributed by atoms with Gasteiger partial charge in [0.1, 0.15) is 11.4 Å². The summed E-state index contributed by atoms with van der Waals surface area (Å²) in [6.07, 6.45) is 0. The zero-order valence-electron chi connectivity index (χ0n) is 21.9. The Hall–Kier alpha value is -3.24. The molecule has 37 heavy (non-hydrogen) atoms. The SMILES string of the molecule is CCOC1(C)C(=O)N(C)c2cc3c(N[C@H](C)c4cccc(C(F)(F)C(C)(C)O)c4F)nnc(C)c3cc21. The lowest BCUT2D eigenvalue weighted by Crippen LogP contribution is -2.41. The molecule has 0 bridgehead atoms. The van der Waals surface area contributed by atoms with Crippen LogP contribution in [0.2, 0.25) is 0 Å². The standard InChI is InChI=1S/C27H31F3N4O3/c1-8-37-26(6)20-12-17-15(3)32-33-23(18(17)13-21(20)34(7)24(26)35)31-14(2)16-10-9-11-19(22(16)28)27(29,30)25(4,5)36/h9-14,36H,8H2,1-7H3,(H,31,33)/t14-,26?/m1/s1. The van der Waals surface area contributed by atoms with Crippen LogP contribution < -0.4 is 10.2 Å². The number of hydrogen-bond acceptors (Lipinski definition) is 6. The molecule has 1 aromatic heterocycles. The number of hydrogen-bond donors (Lipinski definition) is 2. The molecule has 1 unspecified atom stereocenters. The normalized spacial score (nSPS) is 18.9. The topological polar surface area (TPSA) is 87.6 Å². The van der Waals surface area contributed by atoms with Gasteiger partial charge in [-0.1, -0.05) is 12.1 Å². The second-order valence-corrected chi connectivity index (χ2v) is 10.1. The van der Waals surface area contributed by atoms with Gasteiger partial charge in [0.25, 0.3) is 5.91 Å². The van der Waals surface area contributed by atoms with Crippen molar-refractivity contribution in [2.45, 2.75) is 64.7 Å². The maximum atomic E-state index is 15.3. The molecule has 2 aromatic carbocycles. The summed E-state index contributed by atoms with van der Waals surface area (Å²) in [5.41, 5.74) is -2.53. The largest absolute Gasteiger partial charge is 0.384 e. The van der Waals surface area contributed by atoms with Gasteiger partial charge in [0, 0.05) is 35.6 Å². The lowest BCUT2D eigenvalue weighted by atomic mass is 9.91. The lowest BCUT2D eigenvalue weighted by molar-refractivity contribution is -0.170. The van der Waals surface area contributed by atoms with Crippen molar-refractivity contribution in [3.05, 3.63) is 58.5 Å². The average Bonchev–Trinajstić information content (AvgIpc) is 3.00. The van der Waals surface area contributed by atoms with E-state index in [0.29, 0.717) is 34.8 Å². The molecule has 1 amide bonds. The number of aryl methyl sites for hydroxylation is 1. The van der Waals surface area contributed by atoms with Crippen LogP contribution in [-0.4, -0.2) is 40.5 Å². The van der Waals surface area contributed by atoms with Gasteiger partial charge in [-0.05, 0) is 59.7 Å². The van der Waals surface area contributed by atoms with Gasteiger partial charge in [-0.3, -0.25) is 4.79 Å². The molecule has 1 aliphatic rings. The predicted octanol–water partition coefficient (Wildman–Crippen LogP) is 5.34. The highest BCUT2D eigenvalue weighted by Gasteiger charge is 2.49. The third-order valence-electron chi connectivity index (χ3n) is 7.06. The Balaban J connectivity index is 1.79. The molecule has 0 fully saturated rings. The van der Waals surface area contributed by atoms with Gasteiger partial charge < -0.3 is 20.1 Å². The number of aliphatic hydroxyl groups is 1. The maximum Gasteiger partial charge on any atom is 0.303 e. The Morgan fingerprint density at radius 1 is 1.22 bits per heavy atom. The summed E-state index contributed by atoms with van der Waals surface area (Å²) in [4.78, 5) is 14.6. The van der Waals surface area contributed by atoms with Crippen molar-refractivity contribution < 1.29 is 27.8 Å². The highest BCUT2D eigenvalue weighted by atomic mass is 19.3. The minimum Gasteiger partial charge on any atom is -0.384 e. The Morgan fingerprint density at radius 3 is 2.51 bits per heavy atom. The number of amides is 1. The summed E-state index contributed by atoms with van der Waals surface area (Å²) >= 11 is 0. The highest BCUT2D eigenvalue weighted by Crippen LogP contribution is 2.45. The number of anilines is 2. The summed E-state index contributed by atoms with van der Waals surface area (Å²) < 4.78 is 50.8. The number of nitrogens with zero attached hydrogens (tertiary/aromatic N) is 3. The van der Waals surface area contributed by atoms with Crippen molar-refractivity contribution in [1.29, 1.82) is 0 Å². The third-order valence-corrected chi connectivity index (χ3v) is 7.06. The van der Waals surface area contributed by atoms with E-state index in [1.54, 1.807) is 33.9 Å². The molecule has 4 rings (SSSR count). The Bertz CT molecular complexity index is 1390. The van der Waals surface area contributed by atoms with E-state index in [1.807, 2.05) is 13.0 Å². The third kappa shape index (κ3) is 4.12. The van der Waals surface area contributed by atoms with E-state index in [9.17, 15) is 18.7 Å². The number of likely N-dealkylation sites (N-methyl/N-ethyl adjacent to an activating group) is 1. The van der Waals surface area contributed by atoms with Crippen molar-refractivity contribution in [2.24, 2.45) is 0 Å². The fraction of sp³-hybridized carbons (Fsp3) is 0.444. The van der Waals surface area contributed by atoms with Crippen LogP contribution >= 0.6 is 0 Å². The summed E-state index contributed by atoms with van der Waals surface area (Å²) in [5, 5.41) is 22.9. The molecule has 0 spiro atoms. The Kier molecular flexibility index (Phi) is 6.49. The molecule has 0 aliphatic carbocycles. The Morgan fingerprint density at radius 2 is 1.89 bits per heavy atom. The zero-order chi connectivity index (χ0) is 27.5. The van der Waals surface area contributed by atoms with Crippen LogP contribution in [0.5, 0.6) is 0 Å². The summed E-state index contributed by atoms with van der Waals surface area (Å²) in [5.74, 6) is -4.82. The van der Waals surface area contributed by atoms with Gasteiger partial charge in [0.2, 0.25) is 0 Å². The Labute approximate surface area is 213 Å². The molecule has 0 saturated heterocycles. The van der Waals surface area contributed by atoms with Crippen LogP contribution in [0.25, 0.3) is 10.8 Å². The number of benzene rings is 2. The van der Waals surface area contributed by atoms with Crippen LogP contribution in [0, 0.1) is 12.7 Å². The molecule has 198 valence electrons. The minimum atomic E-state index is -3.81. The van der Waals surface area contributed by atoms with E-state index in [1.165, 1.54) is 17.0 Å². The zero-order valence-corrected chi connectivity index (χ0v) is 21.9. The molecule has 3 aromatic rings. The molecule has 1 aliphatic heterocycles. The van der Waals surface area contributed by atoms with Gasteiger partial charge in [-0.15, -0.1) is 5.10 Å². The van der Waals surface area contributed by atoms with Crippen molar-refractivity contribution in [3.63, 3.8) is 0 Å². The predicted molar refractivity (Wildman–Crippen MR) is 135 cm³/mol. The lowest BCUT2D eigenvalue weighted by Gasteiger charge is -2.30. The fourth-order valence-corrected chi connectivity index (χ4v) is 4.79. The molecule has 7 nitrogen and oxygen atoms in total. The van der Waals surface area contributed by atoms with Gasteiger partial charge in [-0.25, -0.2) is 4.39 Å². The smallest absolute Gasteiger partial charge is 0.303 e. The summed E-state index contributed by atoms with van der Waals surface area (Å²) in [6, 6.07) is 6.58. The quantitative estimate of drug-likeness (QED) is 0.441. The number of halogens is 3. The first-order chi connectivity index (χ1) is 17.1.